The van der Waals surface area contributed by atoms with Crippen LogP contribution in [0.1, 0.15) is 37.7 Å². The maximum absolute atomic E-state index is 4.16. The number of likely N-dealkylation sites (tertiary alicyclic amines) is 1. The fourth-order valence-electron chi connectivity index (χ4n) is 2.00. The van der Waals surface area contributed by atoms with Gasteiger partial charge in [-0.25, -0.2) is 0 Å². The van der Waals surface area contributed by atoms with Crippen LogP contribution in [0.5, 0.6) is 0 Å². The van der Waals surface area contributed by atoms with Crippen LogP contribution >= 0.6 is 11.3 Å². The summed E-state index contributed by atoms with van der Waals surface area (Å²) in [6.07, 6.45) is 2.54. The third-order valence-corrected chi connectivity index (χ3v) is 3.41. The molecule has 72 valence electrons. The fraction of sp³-hybridized carbons (Fsp3) is 0.778. The van der Waals surface area contributed by atoms with Crippen molar-refractivity contribution in [2.24, 2.45) is 0 Å². The minimum Gasteiger partial charge on any atom is -0.292 e. The van der Waals surface area contributed by atoms with Crippen molar-refractivity contribution < 1.29 is 0 Å². The molecule has 0 N–H and O–H groups in total. The van der Waals surface area contributed by atoms with E-state index in [0.717, 1.165) is 0 Å². The molecule has 1 fully saturated rings. The van der Waals surface area contributed by atoms with Gasteiger partial charge in [0.1, 0.15) is 10.5 Å². The van der Waals surface area contributed by atoms with Crippen LogP contribution in [0.2, 0.25) is 0 Å². The molecule has 1 atom stereocenters. The molecule has 4 heteroatoms. The molecule has 0 aromatic carbocycles. The maximum Gasteiger partial charge on any atom is 0.134 e. The molecule has 0 amide bonds. The number of hydrogen-bond donors (Lipinski definition) is 0. The highest BCUT2D eigenvalue weighted by molar-refractivity contribution is 7.09. The first-order valence-corrected chi connectivity index (χ1v) is 5.69. The smallest absolute Gasteiger partial charge is 0.134 e. The fourth-order valence-corrected chi connectivity index (χ4v) is 2.71. The highest BCUT2D eigenvalue weighted by Gasteiger charge is 2.29. The quantitative estimate of drug-likeness (QED) is 0.727. The summed E-state index contributed by atoms with van der Waals surface area (Å²) >= 11 is 1.68. The third kappa shape index (κ3) is 1.74. The standard InChI is InChI=1S/C9H15N3S/c1-7(2)12-5-3-4-8(12)9-11-10-6-13-9/h6-8H,3-5H2,1-2H3. The van der Waals surface area contributed by atoms with Gasteiger partial charge in [0, 0.05) is 6.04 Å². The molecule has 1 aliphatic heterocycles. The van der Waals surface area contributed by atoms with E-state index < -0.39 is 0 Å². The van der Waals surface area contributed by atoms with Crippen molar-refractivity contribution in [3.05, 3.63) is 10.5 Å². The monoisotopic (exact) mass is 197 g/mol. The van der Waals surface area contributed by atoms with Crippen molar-refractivity contribution in [2.45, 2.75) is 38.8 Å². The predicted molar refractivity (Wildman–Crippen MR) is 53.7 cm³/mol. The van der Waals surface area contributed by atoms with Gasteiger partial charge in [0.25, 0.3) is 0 Å². The van der Waals surface area contributed by atoms with E-state index >= 15 is 0 Å². The molecule has 0 bridgehead atoms. The second-order valence-electron chi connectivity index (χ2n) is 3.77. The van der Waals surface area contributed by atoms with E-state index in [0.29, 0.717) is 12.1 Å². The van der Waals surface area contributed by atoms with Crippen LogP contribution in [0.3, 0.4) is 0 Å². The lowest BCUT2D eigenvalue weighted by Gasteiger charge is -2.26. The number of hydrogen-bond acceptors (Lipinski definition) is 4. The van der Waals surface area contributed by atoms with Crippen molar-refractivity contribution >= 4 is 11.3 Å². The number of aromatic nitrogens is 2. The van der Waals surface area contributed by atoms with Crippen molar-refractivity contribution in [3.8, 4) is 0 Å². The summed E-state index contributed by atoms with van der Waals surface area (Å²) in [5.74, 6) is 0. The van der Waals surface area contributed by atoms with Crippen LogP contribution in [-0.4, -0.2) is 27.7 Å². The zero-order valence-electron chi connectivity index (χ0n) is 8.10. The summed E-state index contributed by atoms with van der Waals surface area (Å²) in [4.78, 5) is 2.51. The first kappa shape index (κ1) is 9.09. The molecule has 1 aromatic heterocycles. The molecule has 13 heavy (non-hydrogen) atoms. The van der Waals surface area contributed by atoms with E-state index in [1.54, 1.807) is 11.3 Å². The second kappa shape index (κ2) is 3.72. The molecule has 2 rings (SSSR count). The van der Waals surface area contributed by atoms with Gasteiger partial charge in [0.05, 0.1) is 6.04 Å². The van der Waals surface area contributed by atoms with Crippen LogP contribution in [0.25, 0.3) is 0 Å². The SMILES string of the molecule is CC(C)N1CCCC1c1nncs1. The summed E-state index contributed by atoms with van der Waals surface area (Å²) in [6, 6.07) is 1.16. The minimum atomic E-state index is 0.535. The van der Waals surface area contributed by atoms with Gasteiger partial charge in [0.15, 0.2) is 0 Å². The summed E-state index contributed by atoms with van der Waals surface area (Å²) in [5, 5.41) is 9.25. The Balaban J connectivity index is 2.14. The average Bonchev–Trinajstić information content (AvgIpc) is 2.74. The first-order chi connectivity index (χ1) is 6.29. The van der Waals surface area contributed by atoms with Crippen molar-refractivity contribution in [1.29, 1.82) is 0 Å². The van der Waals surface area contributed by atoms with Gasteiger partial charge in [-0.1, -0.05) is 0 Å². The molecule has 3 nitrogen and oxygen atoms in total. The van der Waals surface area contributed by atoms with Crippen LogP contribution in [0.4, 0.5) is 0 Å². The lowest BCUT2D eigenvalue weighted by atomic mass is 10.2. The van der Waals surface area contributed by atoms with Gasteiger partial charge >= 0.3 is 0 Å². The van der Waals surface area contributed by atoms with Crippen LogP contribution in [0.15, 0.2) is 5.51 Å². The van der Waals surface area contributed by atoms with Gasteiger partial charge in [-0.2, -0.15) is 0 Å². The molecular weight excluding hydrogens is 182 g/mol. The highest BCUT2D eigenvalue weighted by Crippen LogP contribution is 2.33. The van der Waals surface area contributed by atoms with Gasteiger partial charge in [-0.05, 0) is 33.2 Å². The Morgan fingerprint density at radius 1 is 1.62 bits per heavy atom. The van der Waals surface area contributed by atoms with Crippen LogP contribution in [0, 0.1) is 0 Å². The minimum absolute atomic E-state index is 0.535. The molecular formula is C9H15N3S. The Labute approximate surface area is 82.8 Å². The first-order valence-electron chi connectivity index (χ1n) is 4.81. The lowest BCUT2D eigenvalue weighted by molar-refractivity contribution is 0.204. The van der Waals surface area contributed by atoms with Gasteiger partial charge in [0.2, 0.25) is 0 Å². The van der Waals surface area contributed by atoms with E-state index in [1.165, 1.54) is 24.4 Å². The van der Waals surface area contributed by atoms with E-state index in [4.69, 9.17) is 0 Å². The molecule has 1 unspecified atom stereocenters. The zero-order chi connectivity index (χ0) is 9.26. The van der Waals surface area contributed by atoms with Crippen LogP contribution < -0.4 is 0 Å². The molecule has 1 aromatic rings. The summed E-state index contributed by atoms with van der Waals surface area (Å²) in [5.41, 5.74) is 1.83. The molecule has 2 heterocycles. The topological polar surface area (TPSA) is 29.0 Å². The van der Waals surface area contributed by atoms with Crippen molar-refractivity contribution in [3.63, 3.8) is 0 Å². The van der Waals surface area contributed by atoms with E-state index in [2.05, 4.69) is 28.9 Å². The highest BCUT2D eigenvalue weighted by atomic mass is 32.1. The molecule has 1 aliphatic rings. The Hall–Kier alpha value is -0.480. The summed E-state index contributed by atoms with van der Waals surface area (Å²) in [7, 11) is 0. The van der Waals surface area contributed by atoms with Gasteiger partial charge in [-0.15, -0.1) is 21.5 Å². The zero-order valence-corrected chi connectivity index (χ0v) is 8.92. The number of rotatable bonds is 2. The Bertz CT molecular complexity index is 258. The van der Waals surface area contributed by atoms with Crippen molar-refractivity contribution in [2.75, 3.05) is 6.54 Å². The Kier molecular flexibility index (Phi) is 2.60. The number of nitrogens with zero attached hydrogens (tertiary/aromatic N) is 3. The summed E-state index contributed by atoms with van der Waals surface area (Å²) in [6.45, 7) is 5.71. The van der Waals surface area contributed by atoms with Crippen LogP contribution in [-0.2, 0) is 0 Å². The van der Waals surface area contributed by atoms with E-state index in [-0.39, 0.29) is 0 Å². The molecule has 0 aliphatic carbocycles. The molecule has 1 saturated heterocycles. The largest absolute Gasteiger partial charge is 0.292 e. The van der Waals surface area contributed by atoms with E-state index in [1.807, 2.05) is 5.51 Å². The Morgan fingerprint density at radius 2 is 2.46 bits per heavy atom. The molecule has 0 radical (unpaired) electrons. The maximum atomic E-state index is 4.16. The molecule has 0 saturated carbocycles. The van der Waals surface area contributed by atoms with Gasteiger partial charge < -0.3 is 0 Å². The van der Waals surface area contributed by atoms with Gasteiger partial charge in [-0.3, -0.25) is 4.90 Å². The molecule has 0 spiro atoms. The summed E-state index contributed by atoms with van der Waals surface area (Å²) < 4.78 is 0. The second-order valence-corrected chi connectivity index (χ2v) is 4.63. The third-order valence-electron chi connectivity index (χ3n) is 2.62. The Morgan fingerprint density at radius 3 is 3.08 bits per heavy atom. The average molecular weight is 197 g/mol. The normalized spacial score (nSPS) is 24.4. The van der Waals surface area contributed by atoms with Crippen molar-refractivity contribution in [1.82, 2.24) is 15.1 Å². The predicted octanol–water partition coefficient (Wildman–Crippen LogP) is 2.08. The lowest BCUT2D eigenvalue weighted by Crippen LogP contribution is -2.30. The van der Waals surface area contributed by atoms with E-state index in [9.17, 15) is 0 Å².